The Balaban J connectivity index is 2.79. The highest BCUT2D eigenvalue weighted by molar-refractivity contribution is 5.82. The van der Waals surface area contributed by atoms with E-state index in [4.69, 9.17) is 5.73 Å². The predicted octanol–water partition coefficient (Wildman–Crippen LogP) is 1.48. The van der Waals surface area contributed by atoms with Crippen LogP contribution in [0.25, 0.3) is 10.9 Å². The van der Waals surface area contributed by atoms with Crippen LogP contribution in [-0.4, -0.2) is 9.78 Å². The van der Waals surface area contributed by atoms with E-state index < -0.39 is 0 Å². The average molecular weight is 193 g/mol. The summed E-state index contributed by atoms with van der Waals surface area (Å²) in [4.78, 5) is 0. The van der Waals surface area contributed by atoms with Gasteiger partial charge in [-0.25, -0.2) is 4.39 Å². The summed E-state index contributed by atoms with van der Waals surface area (Å²) in [6.07, 6.45) is 0. The van der Waals surface area contributed by atoms with E-state index in [9.17, 15) is 4.39 Å². The molecule has 3 nitrogen and oxygen atoms in total. The highest BCUT2D eigenvalue weighted by atomic mass is 19.1. The fourth-order valence-electron chi connectivity index (χ4n) is 1.54. The Morgan fingerprint density at radius 1 is 1.50 bits per heavy atom. The second kappa shape index (κ2) is 3.06. The van der Waals surface area contributed by atoms with Gasteiger partial charge in [0, 0.05) is 30.2 Å². The largest absolute Gasteiger partial charge is 0.326 e. The van der Waals surface area contributed by atoms with Crippen LogP contribution in [0.4, 0.5) is 4.39 Å². The van der Waals surface area contributed by atoms with Crippen molar-refractivity contribution in [1.82, 2.24) is 9.78 Å². The molecule has 0 saturated heterocycles. The van der Waals surface area contributed by atoms with Crippen LogP contribution in [0.3, 0.4) is 0 Å². The number of rotatable bonds is 1. The second-order valence-corrected chi connectivity index (χ2v) is 3.37. The van der Waals surface area contributed by atoms with Crippen LogP contribution in [0.15, 0.2) is 12.1 Å². The van der Waals surface area contributed by atoms with Gasteiger partial charge < -0.3 is 5.73 Å². The third-order valence-electron chi connectivity index (χ3n) is 2.52. The molecule has 14 heavy (non-hydrogen) atoms. The van der Waals surface area contributed by atoms with Crippen molar-refractivity contribution in [3.8, 4) is 0 Å². The van der Waals surface area contributed by atoms with Gasteiger partial charge in [-0.2, -0.15) is 5.10 Å². The Kier molecular flexibility index (Phi) is 2.00. The number of aryl methyl sites for hydroxylation is 2. The zero-order valence-corrected chi connectivity index (χ0v) is 8.21. The first kappa shape index (κ1) is 9.15. The molecule has 0 unspecified atom stereocenters. The maximum atomic E-state index is 13.4. The average Bonchev–Trinajstić information content (AvgIpc) is 2.43. The number of fused-ring (bicyclic) bond motifs is 1. The van der Waals surface area contributed by atoms with Gasteiger partial charge in [0.15, 0.2) is 0 Å². The number of benzene rings is 1. The Morgan fingerprint density at radius 3 is 2.86 bits per heavy atom. The smallest absolute Gasteiger partial charge is 0.128 e. The van der Waals surface area contributed by atoms with Gasteiger partial charge in [0.2, 0.25) is 0 Å². The molecule has 0 aliphatic carbocycles. The second-order valence-electron chi connectivity index (χ2n) is 3.37. The fraction of sp³-hybridized carbons (Fsp3) is 0.300. The molecule has 1 heterocycles. The van der Waals surface area contributed by atoms with Crippen molar-refractivity contribution >= 4 is 10.9 Å². The molecule has 0 aliphatic heterocycles. The first-order valence-corrected chi connectivity index (χ1v) is 4.45. The van der Waals surface area contributed by atoms with Crippen molar-refractivity contribution in [2.24, 2.45) is 12.8 Å². The van der Waals surface area contributed by atoms with Crippen LogP contribution >= 0.6 is 0 Å². The minimum atomic E-state index is -0.254. The van der Waals surface area contributed by atoms with E-state index in [0.717, 1.165) is 16.6 Å². The Bertz CT molecular complexity index is 488. The highest BCUT2D eigenvalue weighted by Gasteiger charge is 2.09. The molecule has 1 aromatic heterocycles. The molecule has 2 aromatic rings. The Morgan fingerprint density at radius 2 is 2.21 bits per heavy atom. The van der Waals surface area contributed by atoms with E-state index in [0.29, 0.717) is 5.56 Å². The van der Waals surface area contributed by atoms with Crippen LogP contribution in [0, 0.1) is 12.7 Å². The molecule has 2 N–H and O–H groups in total. The molecule has 2 rings (SSSR count). The van der Waals surface area contributed by atoms with Crippen LogP contribution < -0.4 is 5.73 Å². The van der Waals surface area contributed by atoms with Crippen LogP contribution in [-0.2, 0) is 13.6 Å². The Labute approximate surface area is 81.3 Å². The molecule has 0 amide bonds. The summed E-state index contributed by atoms with van der Waals surface area (Å²) < 4.78 is 15.1. The summed E-state index contributed by atoms with van der Waals surface area (Å²) in [7, 11) is 1.84. The van der Waals surface area contributed by atoms with Gasteiger partial charge in [0.05, 0.1) is 5.52 Å². The number of nitrogens with two attached hydrogens (primary N) is 1. The number of nitrogens with zero attached hydrogens (tertiary/aromatic N) is 2. The van der Waals surface area contributed by atoms with Crippen molar-refractivity contribution in [3.63, 3.8) is 0 Å². The van der Waals surface area contributed by atoms with Gasteiger partial charge in [-0.1, -0.05) is 0 Å². The summed E-state index contributed by atoms with van der Waals surface area (Å²) >= 11 is 0. The van der Waals surface area contributed by atoms with E-state index >= 15 is 0 Å². The quantitative estimate of drug-likeness (QED) is 0.745. The van der Waals surface area contributed by atoms with Crippen molar-refractivity contribution in [2.75, 3.05) is 0 Å². The normalized spacial score (nSPS) is 11.1. The van der Waals surface area contributed by atoms with Gasteiger partial charge in [0.1, 0.15) is 5.82 Å². The minimum Gasteiger partial charge on any atom is -0.326 e. The molecule has 0 saturated carbocycles. The number of halogens is 1. The molecule has 0 spiro atoms. The minimum absolute atomic E-state index is 0.206. The lowest BCUT2D eigenvalue weighted by Crippen LogP contribution is -1.99. The standard InChI is InChI=1S/C10H12FN3/c1-6-8-4-9(11)7(5-12)3-10(8)13-14(6)2/h3-4H,5,12H2,1-2H3. The first-order valence-electron chi connectivity index (χ1n) is 4.45. The van der Waals surface area contributed by atoms with Gasteiger partial charge in [-0.15, -0.1) is 0 Å². The van der Waals surface area contributed by atoms with Gasteiger partial charge in [-0.05, 0) is 19.1 Å². The monoisotopic (exact) mass is 193 g/mol. The molecule has 0 fully saturated rings. The molecule has 0 aliphatic rings. The fourth-order valence-corrected chi connectivity index (χ4v) is 1.54. The van der Waals surface area contributed by atoms with E-state index in [-0.39, 0.29) is 12.4 Å². The summed E-state index contributed by atoms with van der Waals surface area (Å²) in [5.41, 5.74) is 7.68. The van der Waals surface area contributed by atoms with Gasteiger partial charge in [0.25, 0.3) is 0 Å². The summed E-state index contributed by atoms with van der Waals surface area (Å²) in [5.74, 6) is -0.254. The van der Waals surface area contributed by atoms with Crippen molar-refractivity contribution < 1.29 is 4.39 Å². The molecule has 0 bridgehead atoms. The lowest BCUT2D eigenvalue weighted by Gasteiger charge is -1.98. The highest BCUT2D eigenvalue weighted by Crippen LogP contribution is 2.20. The summed E-state index contributed by atoms with van der Waals surface area (Å²) in [6.45, 7) is 2.12. The predicted molar refractivity (Wildman–Crippen MR) is 53.3 cm³/mol. The topological polar surface area (TPSA) is 43.8 Å². The zero-order valence-electron chi connectivity index (χ0n) is 8.21. The van der Waals surface area contributed by atoms with E-state index in [1.165, 1.54) is 6.07 Å². The van der Waals surface area contributed by atoms with Crippen LogP contribution in [0.1, 0.15) is 11.3 Å². The van der Waals surface area contributed by atoms with Crippen molar-refractivity contribution in [2.45, 2.75) is 13.5 Å². The van der Waals surface area contributed by atoms with Gasteiger partial charge in [-0.3, -0.25) is 4.68 Å². The molecule has 74 valence electrons. The molecule has 0 atom stereocenters. The SMILES string of the molecule is Cc1c2cc(F)c(CN)cc2nn1C. The molecular formula is C10H12FN3. The maximum Gasteiger partial charge on any atom is 0.128 e. The lowest BCUT2D eigenvalue weighted by atomic mass is 10.1. The number of hydrogen-bond donors (Lipinski definition) is 1. The molecule has 4 heteroatoms. The molecule has 0 radical (unpaired) electrons. The Hall–Kier alpha value is -1.42. The third-order valence-corrected chi connectivity index (χ3v) is 2.52. The maximum absolute atomic E-state index is 13.4. The van der Waals surface area contributed by atoms with Crippen LogP contribution in [0.2, 0.25) is 0 Å². The lowest BCUT2D eigenvalue weighted by molar-refractivity contribution is 0.612. The first-order chi connectivity index (χ1) is 6.63. The van der Waals surface area contributed by atoms with Crippen LogP contribution in [0.5, 0.6) is 0 Å². The summed E-state index contributed by atoms with van der Waals surface area (Å²) in [5, 5.41) is 5.11. The zero-order chi connectivity index (χ0) is 10.3. The van der Waals surface area contributed by atoms with Gasteiger partial charge >= 0.3 is 0 Å². The number of hydrogen-bond acceptors (Lipinski definition) is 2. The van der Waals surface area contributed by atoms with Crippen molar-refractivity contribution in [3.05, 3.63) is 29.2 Å². The van der Waals surface area contributed by atoms with E-state index in [1.807, 2.05) is 14.0 Å². The third kappa shape index (κ3) is 1.19. The number of aromatic nitrogens is 2. The van der Waals surface area contributed by atoms with E-state index in [1.54, 1.807) is 10.7 Å². The molecular weight excluding hydrogens is 181 g/mol. The van der Waals surface area contributed by atoms with E-state index in [2.05, 4.69) is 5.10 Å². The van der Waals surface area contributed by atoms with Crippen molar-refractivity contribution in [1.29, 1.82) is 0 Å². The summed E-state index contributed by atoms with van der Waals surface area (Å²) in [6, 6.07) is 3.21. The molecule has 1 aromatic carbocycles.